The summed E-state index contributed by atoms with van der Waals surface area (Å²) in [5, 5.41) is 13.2. The number of benzene rings is 1. The van der Waals surface area contributed by atoms with Crippen LogP contribution in [0.1, 0.15) is 10.4 Å². The van der Waals surface area contributed by atoms with Crippen molar-refractivity contribution in [1.82, 2.24) is 4.98 Å². The lowest BCUT2D eigenvalue weighted by atomic mass is 10.2. The van der Waals surface area contributed by atoms with Crippen LogP contribution in [0.25, 0.3) is 0 Å². The number of hydrogen-bond acceptors (Lipinski definition) is 5. The number of halogens is 1. The summed E-state index contributed by atoms with van der Waals surface area (Å²) >= 11 is 5.77. The van der Waals surface area contributed by atoms with E-state index in [0.717, 1.165) is 0 Å². The number of amides is 1. The Morgan fingerprint density at radius 3 is 2.81 bits per heavy atom. The summed E-state index contributed by atoms with van der Waals surface area (Å²) in [6, 6.07) is 7.00. The van der Waals surface area contributed by atoms with Gasteiger partial charge in [0.05, 0.1) is 12.0 Å². The van der Waals surface area contributed by atoms with Crippen LogP contribution in [-0.2, 0) is 0 Å². The van der Waals surface area contributed by atoms with Crippen molar-refractivity contribution in [1.29, 1.82) is 0 Å². The smallest absolute Gasteiger partial charge is 0.287 e. The van der Waals surface area contributed by atoms with Gasteiger partial charge in [0.1, 0.15) is 10.7 Å². The van der Waals surface area contributed by atoms with Crippen molar-refractivity contribution < 1.29 is 14.5 Å². The molecular formula is C13H10ClN3O4. The zero-order valence-corrected chi connectivity index (χ0v) is 11.6. The van der Waals surface area contributed by atoms with Crippen LogP contribution in [0.5, 0.6) is 5.88 Å². The van der Waals surface area contributed by atoms with Crippen LogP contribution >= 0.6 is 11.6 Å². The molecule has 2 rings (SSSR count). The van der Waals surface area contributed by atoms with E-state index >= 15 is 0 Å². The molecule has 0 aliphatic heterocycles. The third-order valence-corrected chi connectivity index (χ3v) is 2.92. The van der Waals surface area contributed by atoms with Crippen molar-refractivity contribution in [3.8, 4) is 5.88 Å². The van der Waals surface area contributed by atoms with E-state index in [2.05, 4.69) is 10.3 Å². The van der Waals surface area contributed by atoms with Gasteiger partial charge in [-0.3, -0.25) is 14.9 Å². The fourth-order valence-electron chi connectivity index (χ4n) is 1.64. The zero-order chi connectivity index (χ0) is 15.4. The van der Waals surface area contributed by atoms with E-state index in [-0.39, 0.29) is 22.2 Å². The van der Waals surface area contributed by atoms with E-state index in [0.29, 0.717) is 5.69 Å². The minimum atomic E-state index is -0.617. The molecule has 1 aromatic heterocycles. The molecule has 1 aromatic carbocycles. The molecule has 8 heteroatoms. The molecule has 0 atom stereocenters. The van der Waals surface area contributed by atoms with Gasteiger partial charge < -0.3 is 10.1 Å². The Bertz CT molecular complexity index is 706. The maximum absolute atomic E-state index is 12.1. The third-order valence-electron chi connectivity index (χ3n) is 2.62. The van der Waals surface area contributed by atoms with E-state index in [1.807, 2.05) is 0 Å². The summed E-state index contributed by atoms with van der Waals surface area (Å²) in [5.74, 6) is -0.211. The second-order valence-electron chi connectivity index (χ2n) is 3.94. The molecule has 7 nitrogen and oxygen atoms in total. The fourth-order valence-corrected chi connectivity index (χ4v) is 1.89. The van der Waals surface area contributed by atoms with Gasteiger partial charge in [-0.15, -0.1) is 0 Å². The quantitative estimate of drug-likeness (QED) is 0.692. The number of methoxy groups -OCH3 is 1. The molecule has 1 heterocycles. The van der Waals surface area contributed by atoms with Crippen molar-refractivity contribution in [3.05, 3.63) is 57.2 Å². The molecule has 0 saturated carbocycles. The van der Waals surface area contributed by atoms with Crippen molar-refractivity contribution >= 4 is 28.9 Å². The van der Waals surface area contributed by atoms with Gasteiger partial charge in [0, 0.05) is 17.8 Å². The summed E-state index contributed by atoms with van der Waals surface area (Å²) < 4.78 is 5.02. The van der Waals surface area contributed by atoms with Gasteiger partial charge in [-0.1, -0.05) is 11.6 Å². The van der Waals surface area contributed by atoms with Gasteiger partial charge in [0.25, 0.3) is 11.6 Å². The molecule has 0 saturated heterocycles. The number of nitrogens with one attached hydrogen (secondary N) is 1. The number of hydrogen-bond donors (Lipinski definition) is 1. The van der Waals surface area contributed by atoms with Crippen LogP contribution in [0.2, 0.25) is 5.02 Å². The van der Waals surface area contributed by atoms with Crippen LogP contribution in [0, 0.1) is 10.1 Å². The second-order valence-corrected chi connectivity index (χ2v) is 4.34. The molecule has 0 spiro atoms. The predicted octanol–water partition coefficient (Wildman–Crippen LogP) is 2.90. The minimum absolute atomic E-state index is 0.106. The van der Waals surface area contributed by atoms with Crippen LogP contribution in [0.4, 0.5) is 11.4 Å². The maximum atomic E-state index is 12.1. The lowest BCUT2D eigenvalue weighted by Gasteiger charge is -2.08. The molecule has 0 bridgehead atoms. The van der Waals surface area contributed by atoms with Gasteiger partial charge >= 0.3 is 0 Å². The highest BCUT2D eigenvalue weighted by Crippen LogP contribution is 2.26. The number of nitrogens with zero attached hydrogens (tertiary/aromatic N) is 2. The summed E-state index contributed by atoms with van der Waals surface area (Å²) in [4.78, 5) is 26.1. The number of ether oxygens (including phenoxy) is 1. The largest absolute Gasteiger partial charge is 0.480 e. The average Bonchev–Trinajstić information content (AvgIpc) is 2.47. The Balaban J connectivity index is 2.25. The molecule has 0 aliphatic rings. The molecule has 1 amide bonds. The molecule has 1 N–H and O–H groups in total. The lowest BCUT2D eigenvalue weighted by Crippen LogP contribution is -2.13. The Morgan fingerprint density at radius 1 is 1.43 bits per heavy atom. The van der Waals surface area contributed by atoms with Gasteiger partial charge in [-0.25, -0.2) is 4.98 Å². The first-order valence-electron chi connectivity index (χ1n) is 5.77. The average molecular weight is 308 g/mol. The minimum Gasteiger partial charge on any atom is -0.480 e. The van der Waals surface area contributed by atoms with Crippen LogP contribution in [-0.4, -0.2) is 22.9 Å². The van der Waals surface area contributed by atoms with E-state index in [9.17, 15) is 14.9 Å². The predicted molar refractivity (Wildman–Crippen MR) is 76.8 cm³/mol. The lowest BCUT2D eigenvalue weighted by molar-refractivity contribution is -0.384. The third kappa shape index (κ3) is 3.26. The molecule has 21 heavy (non-hydrogen) atoms. The first-order chi connectivity index (χ1) is 10.0. The molecule has 0 radical (unpaired) electrons. The highest BCUT2D eigenvalue weighted by molar-refractivity contribution is 6.33. The molecule has 2 aromatic rings. The second kappa shape index (κ2) is 6.19. The first-order valence-corrected chi connectivity index (χ1v) is 6.15. The molecule has 108 valence electrons. The first kappa shape index (κ1) is 14.7. The van der Waals surface area contributed by atoms with E-state index < -0.39 is 10.8 Å². The van der Waals surface area contributed by atoms with Crippen molar-refractivity contribution in [3.63, 3.8) is 0 Å². The highest BCUT2D eigenvalue weighted by Gasteiger charge is 2.16. The summed E-state index contributed by atoms with van der Waals surface area (Å²) in [5.41, 5.74) is 0.322. The Kier molecular flexibility index (Phi) is 4.34. The normalized spacial score (nSPS) is 10.0. The van der Waals surface area contributed by atoms with Crippen LogP contribution < -0.4 is 10.1 Å². The zero-order valence-electron chi connectivity index (χ0n) is 10.9. The van der Waals surface area contributed by atoms with Crippen LogP contribution in [0.3, 0.4) is 0 Å². The van der Waals surface area contributed by atoms with Crippen LogP contribution in [0.15, 0.2) is 36.5 Å². The van der Waals surface area contributed by atoms with Gasteiger partial charge in [-0.2, -0.15) is 0 Å². The highest BCUT2D eigenvalue weighted by atomic mass is 35.5. The molecule has 0 aliphatic carbocycles. The Hall–Kier alpha value is -2.67. The standard InChI is InChI=1S/C13H10ClN3O4/c1-21-13-10(3-2-6-15-13)16-12(18)8-4-5-11(17(19)20)9(14)7-8/h2-7H,1H3,(H,16,18). The number of rotatable bonds is 4. The summed E-state index contributed by atoms with van der Waals surface area (Å²) in [7, 11) is 1.43. The van der Waals surface area contributed by atoms with Crippen molar-refractivity contribution in [2.24, 2.45) is 0 Å². The van der Waals surface area contributed by atoms with Crippen molar-refractivity contribution in [2.75, 3.05) is 12.4 Å². The van der Waals surface area contributed by atoms with Gasteiger partial charge in [-0.05, 0) is 24.3 Å². The number of nitro benzene ring substituents is 1. The van der Waals surface area contributed by atoms with Gasteiger partial charge in [0.15, 0.2) is 0 Å². The van der Waals surface area contributed by atoms with Gasteiger partial charge in [0.2, 0.25) is 5.88 Å². The number of aromatic nitrogens is 1. The monoisotopic (exact) mass is 307 g/mol. The van der Waals surface area contributed by atoms with Crippen molar-refractivity contribution in [2.45, 2.75) is 0 Å². The maximum Gasteiger partial charge on any atom is 0.287 e. The SMILES string of the molecule is COc1ncccc1NC(=O)c1ccc([N+](=O)[O-])c(Cl)c1. The fraction of sp³-hybridized carbons (Fsp3) is 0.0769. The topological polar surface area (TPSA) is 94.4 Å². The Morgan fingerprint density at radius 2 is 2.19 bits per heavy atom. The molecule has 0 fully saturated rings. The summed E-state index contributed by atoms with van der Waals surface area (Å²) in [6.45, 7) is 0. The number of carbonyl (C=O) groups excluding carboxylic acids is 1. The van der Waals surface area contributed by atoms with E-state index in [4.69, 9.17) is 16.3 Å². The summed E-state index contributed by atoms with van der Waals surface area (Å²) in [6.07, 6.45) is 1.53. The number of carbonyl (C=O) groups is 1. The number of nitro groups is 1. The molecule has 0 unspecified atom stereocenters. The number of pyridine rings is 1. The Labute approximate surface area is 124 Å². The van der Waals surface area contributed by atoms with E-state index in [1.165, 1.54) is 31.5 Å². The molecular weight excluding hydrogens is 298 g/mol. The number of anilines is 1. The van der Waals surface area contributed by atoms with E-state index in [1.54, 1.807) is 12.1 Å².